The molecular weight excluding hydrogens is 234 g/mol. The molecule has 0 unspecified atom stereocenters. The first-order chi connectivity index (χ1) is 9.23. The maximum absolute atomic E-state index is 10.6. The monoisotopic (exact) mass is 261 g/mol. The normalized spacial score (nSPS) is 18.5. The molecule has 0 saturated carbocycles. The molecule has 2 heteroatoms. The minimum absolute atomic E-state index is 0.404. The highest BCUT2D eigenvalue weighted by molar-refractivity contribution is 5.46. The molecule has 0 bridgehead atoms. The van der Waals surface area contributed by atoms with Crippen molar-refractivity contribution in [1.29, 1.82) is 0 Å². The number of nitrogens with zero attached hydrogens (tertiary/aromatic N) is 1. The van der Waals surface area contributed by atoms with Crippen molar-refractivity contribution in [3.05, 3.63) is 30.3 Å². The van der Waals surface area contributed by atoms with Gasteiger partial charge in [0.1, 0.15) is 0 Å². The van der Waals surface area contributed by atoms with Crippen LogP contribution in [-0.2, 0) is 0 Å². The Balaban J connectivity index is 1.78. The topological polar surface area (TPSA) is 23.5 Å². The molecule has 1 heterocycles. The van der Waals surface area contributed by atoms with Crippen molar-refractivity contribution in [2.45, 2.75) is 57.5 Å². The Kier molecular flexibility index (Phi) is 5.26. The molecule has 0 aromatic heterocycles. The second kappa shape index (κ2) is 6.95. The van der Waals surface area contributed by atoms with Gasteiger partial charge in [-0.25, -0.2) is 0 Å². The third-order valence-corrected chi connectivity index (χ3v) is 4.31. The van der Waals surface area contributed by atoms with Gasteiger partial charge < -0.3 is 10.0 Å². The van der Waals surface area contributed by atoms with Gasteiger partial charge in [-0.3, -0.25) is 0 Å². The number of aliphatic hydroxyl groups is 1. The third kappa shape index (κ3) is 4.24. The van der Waals surface area contributed by atoms with E-state index >= 15 is 0 Å². The molecule has 1 fully saturated rings. The molecule has 1 aromatic carbocycles. The van der Waals surface area contributed by atoms with Gasteiger partial charge >= 0.3 is 0 Å². The van der Waals surface area contributed by atoms with E-state index in [4.69, 9.17) is 0 Å². The van der Waals surface area contributed by atoms with Crippen LogP contribution in [0.15, 0.2) is 30.3 Å². The van der Waals surface area contributed by atoms with Crippen molar-refractivity contribution >= 4 is 5.69 Å². The average molecular weight is 261 g/mol. The molecular formula is C17H27NO. The van der Waals surface area contributed by atoms with Crippen LogP contribution in [0.5, 0.6) is 0 Å². The van der Waals surface area contributed by atoms with E-state index in [1.54, 1.807) is 0 Å². The molecule has 0 spiro atoms. The lowest BCUT2D eigenvalue weighted by Crippen LogP contribution is -2.44. The Morgan fingerprint density at radius 3 is 2.37 bits per heavy atom. The maximum Gasteiger partial charge on any atom is 0.0681 e. The van der Waals surface area contributed by atoms with E-state index in [0.29, 0.717) is 0 Å². The van der Waals surface area contributed by atoms with E-state index < -0.39 is 5.60 Å². The van der Waals surface area contributed by atoms with E-state index in [2.05, 4.69) is 42.2 Å². The van der Waals surface area contributed by atoms with Gasteiger partial charge in [0.15, 0.2) is 0 Å². The molecule has 0 aliphatic carbocycles. The number of rotatable bonds is 6. The summed E-state index contributed by atoms with van der Waals surface area (Å²) in [6, 6.07) is 10.5. The van der Waals surface area contributed by atoms with Gasteiger partial charge in [0.05, 0.1) is 5.60 Å². The maximum atomic E-state index is 10.6. The van der Waals surface area contributed by atoms with Gasteiger partial charge in [-0.15, -0.1) is 0 Å². The minimum atomic E-state index is -0.404. The first kappa shape index (κ1) is 14.4. The lowest BCUT2D eigenvalue weighted by molar-refractivity contribution is 0.00572. The van der Waals surface area contributed by atoms with Crippen molar-refractivity contribution in [2.75, 3.05) is 18.0 Å². The number of anilines is 1. The SMILES string of the molecule is CCCCCCC1(O)CCN(c2ccccc2)CC1. The Morgan fingerprint density at radius 1 is 1.05 bits per heavy atom. The van der Waals surface area contributed by atoms with E-state index in [0.717, 1.165) is 32.4 Å². The fourth-order valence-electron chi connectivity index (χ4n) is 2.95. The highest BCUT2D eigenvalue weighted by atomic mass is 16.3. The Morgan fingerprint density at radius 2 is 1.74 bits per heavy atom. The molecule has 2 nitrogen and oxygen atoms in total. The lowest BCUT2D eigenvalue weighted by atomic mass is 9.86. The zero-order valence-electron chi connectivity index (χ0n) is 12.1. The summed E-state index contributed by atoms with van der Waals surface area (Å²) in [7, 11) is 0. The van der Waals surface area contributed by atoms with Crippen LogP contribution in [0, 0.1) is 0 Å². The lowest BCUT2D eigenvalue weighted by Gasteiger charge is -2.39. The summed E-state index contributed by atoms with van der Waals surface area (Å²) in [5.41, 5.74) is 0.884. The van der Waals surface area contributed by atoms with Crippen LogP contribution in [0.2, 0.25) is 0 Å². The first-order valence-electron chi connectivity index (χ1n) is 7.76. The highest BCUT2D eigenvalue weighted by Crippen LogP contribution is 2.30. The second-order valence-electron chi connectivity index (χ2n) is 5.86. The molecule has 1 saturated heterocycles. The summed E-state index contributed by atoms with van der Waals surface area (Å²) >= 11 is 0. The van der Waals surface area contributed by atoms with E-state index in [9.17, 15) is 5.11 Å². The Labute approximate surface area is 117 Å². The number of unbranched alkanes of at least 4 members (excludes halogenated alkanes) is 3. The molecule has 0 radical (unpaired) electrons. The molecule has 1 aliphatic rings. The highest BCUT2D eigenvalue weighted by Gasteiger charge is 2.31. The average Bonchev–Trinajstić information content (AvgIpc) is 2.46. The number of hydrogen-bond donors (Lipinski definition) is 1. The first-order valence-corrected chi connectivity index (χ1v) is 7.76. The summed E-state index contributed by atoms with van der Waals surface area (Å²) in [5.74, 6) is 0. The van der Waals surface area contributed by atoms with Crippen molar-refractivity contribution in [1.82, 2.24) is 0 Å². The van der Waals surface area contributed by atoms with Crippen molar-refractivity contribution < 1.29 is 5.11 Å². The molecule has 19 heavy (non-hydrogen) atoms. The standard InChI is InChI=1S/C17H27NO/c1-2-3-4-8-11-17(19)12-14-18(15-13-17)16-9-6-5-7-10-16/h5-7,9-10,19H,2-4,8,11-15H2,1H3. The van der Waals surface area contributed by atoms with E-state index in [1.165, 1.54) is 31.4 Å². The summed E-state index contributed by atoms with van der Waals surface area (Å²) in [6.07, 6.45) is 7.81. The number of para-hydroxylation sites is 1. The summed E-state index contributed by atoms with van der Waals surface area (Å²) in [4.78, 5) is 2.39. The smallest absolute Gasteiger partial charge is 0.0681 e. The number of hydrogen-bond acceptors (Lipinski definition) is 2. The van der Waals surface area contributed by atoms with Crippen LogP contribution in [-0.4, -0.2) is 23.8 Å². The van der Waals surface area contributed by atoms with Crippen LogP contribution in [0.3, 0.4) is 0 Å². The van der Waals surface area contributed by atoms with Crippen LogP contribution in [0.25, 0.3) is 0 Å². The van der Waals surface area contributed by atoms with Gasteiger partial charge in [0.25, 0.3) is 0 Å². The predicted octanol–water partition coefficient (Wildman–Crippen LogP) is 3.99. The third-order valence-electron chi connectivity index (χ3n) is 4.31. The van der Waals surface area contributed by atoms with Gasteiger partial charge in [0, 0.05) is 18.8 Å². The Hall–Kier alpha value is -1.02. The summed E-state index contributed by atoms with van der Waals surface area (Å²) < 4.78 is 0. The Bertz CT molecular complexity index is 355. The predicted molar refractivity (Wildman–Crippen MR) is 81.6 cm³/mol. The molecule has 106 valence electrons. The van der Waals surface area contributed by atoms with Crippen LogP contribution in [0.4, 0.5) is 5.69 Å². The number of piperidine rings is 1. The molecule has 0 amide bonds. The van der Waals surface area contributed by atoms with Crippen molar-refractivity contribution in [2.24, 2.45) is 0 Å². The van der Waals surface area contributed by atoms with Crippen LogP contribution >= 0.6 is 0 Å². The van der Waals surface area contributed by atoms with Gasteiger partial charge in [-0.05, 0) is 31.4 Å². The van der Waals surface area contributed by atoms with Gasteiger partial charge in [-0.1, -0.05) is 50.8 Å². The van der Waals surface area contributed by atoms with Crippen molar-refractivity contribution in [3.8, 4) is 0 Å². The second-order valence-corrected chi connectivity index (χ2v) is 5.86. The number of benzene rings is 1. The fraction of sp³-hybridized carbons (Fsp3) is 0.647. The van der Waals surface area contributed by atoms with E-state index in [1.807, 2.05) is 0 Å². The van der Waals surface area contributed by atoms with Crippen LogP contribution < -0.4 is 4.90 Å². The van der Waals surface area contributed by atoms with Gasteiger partial charge in [0.2, 0.25) is 0 Å². The van der Waals surface area contributed by atoms with E-state index in [-0.39, 0.29) is 0 Å². The molecule has 1 aromatic rings. The zero-order valence-corrected chi connectivity index (χ0v) is 12.1. The fourth-order valence-corrected chi connectivity index (χ4v) is 2.95. The summed E-state index contributed by atoms with van der Waals surface area (Å²) in [5, 5.41) is 10.6. The molecule has 1 aliphatic heterocycles. The molecule has 1 N–H and O–H groups in total. The van der Waals surface area contributed by atoms with Crippen LogP contribution in [0.1, 0.15) is 51.9 Å². The quantitative estimate of drug-likeness (QED) is 0.783. The summed E-state index contributed by atoms with van der Waals surface area (Å²) in [6.45, 7) is 4.19. The molecule has 0 atom stereocenters. The van der Waals surface area contributed by atoms with Crippen molar-refractivity contribution in [3.63, 3.8) is 0 Å². The molecule has 2 rings (SSSR count). The zero-order chi connectivity index (χ0) is 13.6. The largest absolute Gasteiger partial charge is 0.390 e. The minimum Gasteiger partial charge on any atom is -0.390 e. The van der Waals surface area contributed by atoms with Gasteiger partial charge in [-0.2, -0.15) is 0 Å².